The van der Waals surface area contributed by atoms with Gasteiger partial charge in [-0.05, 0) is 31.4 Å². The van der Waals surface area contributed by atoms with E-state index >= 15 is 0 Å². The normalized spacial score (nSPS) is 12.2. The number of hydrogen-bond donors (Lipinski definition) is 3. The van der Waals surface area contributed by atoms with E-state index in [9.17, 15) is 0 Å². The maximum absolute atomic E-state index is 8.98. The molecule has 0 aliphatic heterocycles. The molecule has 0 radical (unpaired) electrons. The van der Waals surface area contributed by atoms with Gasteiger partial charge in [-0.1, -0.05) is 13.8 Å². The van der Waals surface area contributed by atoms with Crippen molar-refractivity contribution >= 4 is 11.4 Å². The van der Waals surface area contributed by atoms with E-state index in [1.165, 1.54) is 0 Å². The van der Waals surface area contributed by atoms with Crippen molar-refractivity contribution < 1.29 is 9.84 Å². The lowest BCUT2D eigenvalue weighted by molar-refractivity contribution is 0.278. The van der Waals surface area contributed by atoms with Gasteiger partial charge in [-0.2, -0.15) is 0 Å². The fourth-order valence-corrected chi connectivity index (χ4v) is 1.73. The quantitative estimate of drug-likeness (QED) is 0.622. The second-order valence-electron chi connectivity index (χ2n) is 4.36. The molecule has 0 heterocycles. The van der Waals surface area contributed by atoms with Crippen molar-refractivity contribution in [1.82, 2.24) is 0 Å². The number of rotatable bonds is 8. The zero-order valence-corrected chi connectivity index (χ0v) is 11.3. The van der Waals surface area contributed by atoms with E-state index in [2.05, 4.69) is 19.2 Å². The first-order valence-electron chi connectivity index (χ1n) is 6.61. The van der Waals surface area contributed by atoms with Crippen LogP contribution >= 0.6 is 0 Å². The van der Waals surface area contributed by atoms with Gasteiger partial charge in [0.2, 0.25) is 0 Å². The van der Waals surface area contributed by atoms with Gasteiger partial charge in [0.05, 0.1) is 12.3 Å². The average Bonchev–Trinajstić information content (AvgIpc) is 2.38. The first kappa shape index (κ1) is 14.6. The third-order valence-electron chi connectivity index (χ3n) is 2.82. The van der Waals surface area contributed by atoms with E-state index < -0.39 is 0 Å². The zero-order valence-electron chi connectivity index (χ0n) is 11.3. The molecular weight excluding hydrogens is 228 g/mol. The Balaban J connectivity index is 2.70. The maximum Gasteiger partial charge on any atom is 0.144 e. The minimum absolute atomic E-state index is 0.194. The van der Waals surface area contributed by atoms with E-state index in [4.69, 9.17) is 15.6 Å². The molecule has 1 aromatic rings. The van der Waals surface area contributed by atoms with Crippen LogP contribution in [0.5, 0.6) is 5.75 Å². The molecular formula is C14H24N2O2. The van der Waals surface area contributed by atoms with E-state index in [-0.39, 0.29) is 12.6 Å². The van der Waals surface area contributed by atoms with Crippen LogP contribution in [0.25, 0.3) is 0 Å². The van der Waals surface area contributed by atoms with Gasteiger partial charge in [-0.25, -0.2) is 0 Å². The number of hydrogen-bond acceptors (Lipinski definition) is 4. The van der Waals surface area contributed by atoms with E-state index in [1.807, 2.05) is 18.2 Å². The lowest BCUT2D eigenvalue weighted by Gasteiger charge is -2.18. The fourth-order valence-electron chi connectivity index (χ4n) is 1.73. The van der Waals surface area contributed by atoms with Gasteiger partial charge < -0.3 is 20.9 Å². The van der Waals surface area contributed by atoms with Crippen molar-refractivity contribution in [1.29, 1.82) is 0 Å². The van der Waals surface area contributed by atoms with Crippen LogP contribution in [0.4, 0.5) is 11.4 Å². The van der Waals surface area contributed by atoms with Crippen LogP contribution in [0, 0.1) is 0 Å². The Labute approximate surface area is 109 Å². The molecule has 102 valence electrons. The van der Waals surface area contributed by atoms with Gasteiger partial charge in [0.25, 0.3) is 0 Å². The number of anilines is 2. The van der Waals surface area contributed by atoms with E-state index in [1.54, 1.807) is 0 Å². The summed E-state index contributed by atoms with van der Waals surface area (Å²) in [5.41, 5.74) is 7.50. The van der Waals surface area contributed by atoms with Crippen LogP contribution < -0.4 is 15.8 Å². The number of nitrogens with two attached hydrogens (primary N) is 1. The highest BCUT2D eigenvalue weighted by molar-refractivity contribution is 5.61. The second-order valence-corrected chi connectivity index (χ2v) is 4.36. The summed E-state index contributed by atoms with van der Waals surface area (Å²) in [6.07, 6.45) is 2.67. The van der Waals surface area contributed by atoms with Crippen molar-refractivity contribution in [3.8, 4) is 5.75 Å². The predicted molar refractivity (Wildman–Crippen MR) is 76.0 cm³/mol. The number of benzene rings is 1. The smallest absolute Gasteiger partial charge is 0.144 e. The molecule has 4 nitrogen and oxygen atoms in total. The second kappa shape index (κ2) is 7.82. The first-order valence-corrected chi connectivity index (χ1v) is 6.61. The summed E-state index contributed by atoms with van der Waals surface area (Å²) in [5, 5.41) is 12.4. The monoisotopic (exact) mass is 252 g/mol. The molecule has 0 spiro atoms. The lowest BCUT2D eigenvalue weighted by Crippen LogP contribution is -2.19. The summed E-state index contributed by atoms with van der Waals surface area (Å²) in [5.74, 6) is 0.723. The van der Waals surface area contributed by atoms with Crippen LogP contribution in [0.15, 0.2) is 18.2 Å². The molecule has 1 unspecified atom stereocenters. The van der Waals surface area contributed by atoms with Crippen LogP contribution in [-0.2, 0) is 0 Å². The van der Waals surface area contributed by atoms with Crippen molar-refractivity contribution in [3.05, 3.63) is 18.2 Å². The Morgan fingerprint density at radius 2 is 2.17 bits per heavy atom. The van der Waals surface area contributed by atoms with Gasteiger partial charge in [0.1, 0.15) is 5.75 Å². The minimum Gasteiger partial charge on any atom is -0.491 e. The SMILES string of the molecule is CCCOc1cc(NC(CC)CCO)ccc1N. The number of aliphatic hydroxyl groups excluding tert-OH is 1. The third-order valence-corrected chi connectivity index (χ3v) is 2.82. The Morgan fingerprint density at radius 3 is 2.78 bits per heavy atom. The standard InChI is InChI=1S/C14H24N2O2/c1-3-9-18-14-10-12(5-6-13(14)15)16-11(4-2)7-8-17/h5-6,10-11,16-17H,3-4,7-9,15H2,1-2H3. The molecule has 0 aliphatic carbocycles. The van der Waals surface area contributed by atoms with Crippen molar-refractivity contribution in [2.45, 2.75) is 39.2 Å². The Hall–Kier alpha value is -1.42. The molecule has 1 atom stereocenters. The topological polar surface area (TPSA) is 67.5 Å². The maximum atomic E-state index is 8.98. The molecule has 0 amide bonds. The van der Waals surface area contributed by atoms with Crippen LogP contribution in [-0.4, -0.2) is 24.4 Å². The third kappa shape index (κ3) is 4.45. The predicted octanol–water partition coefficient (Wildman–Crippen LogP) is 2.63. The number of ether oxygens (including phenoxy) is 1. The van der Waals surface area contributed by atoms with Gasteiger partial charge in [0, 0.05) is 24.4 Å². The molecule has 4 heteroatoms. The molecule has 0 aromatic heterocycles. The summed E-state index contributed by atoms with van der Waals surface area (Å²) in [7, 11) is 0. The van der Waals surface area contributed by atoms with Gasteiger partial charge in [-0.3, -0.25) is 0 Å². The van der Waals surface area contributed by atoms with Gasteiger partial charge in [-0.15, -0.1) is 0 Å². The fraction of sp³-hybridized carbons (Fsp3) is 0.571. The molecule has 0 aliphatic rings. The highest BCUT2D eigenvalue weighted by Gasteiger charge is 2.07. The summed E-state index contributed by atoms with van der Waals surface area (Å²) in [4.78, 5) is 0. The van der Waals surface area contributed by atoms with Crippen molar-refractivity contribution in [2.75, 3.05) is 24.3 Å². The summed E-state index contributed by atoms with van der Waals surface area (Å²) in [6, 6.07) is 5.98. The number of nitrogen functional groups attached to an aromatic ring is 1. The number of nitrogens with one attached hydrogen (secondary N) is 1. The van der Waals surface area contributed by atoms with E-state index in [0.29, 0.717) is 12.3 Å². The van der Waals surface area contributed by atoms with Crippen LogP contribution in [0.2, 0.25) is 0 Å². The molecule has 0 saturated carbocycles. The lowest BCUT2D eigenvalue weighted by atomic mass is 10.1. The first-order chi connectivity index (χ1) is 8.71. The molecule has 0 bridgehead atoms. The van der Waals surface area contributed by atoms with Crippen molar-refractivity contribution in [2.24, 2.45) is 0 Å². The highest BCUT2D eigenvalue weighted by atomic mass is 16.5. The Bertz CT molecular complexity index is 356. The van der Waals surface area contributed by atoms with Crippen LogP contribution in [0.1, 0.15) is 33.1 Å². The summed E-state index contributed by atoms with van der Waals surface area (Å²) < 4.78 is 5.59. The molecule has 0 saturated heterocycles. The number of aliphatic hydroxyl groups is 1. The molecule has 1 rings (SSSR count). The van der Waals surface area contributed by atoms with Gasteiger partial charge >= 0.3 is 0 Å². The Kier molecular flexibility index (Phi) is 6.36. The van der Waals surface area contributed by atoms with Gasteiger partial charge in [0.15, 0.2) is 0 Å². The molecule has 4 N–H and O–H groups in total. The zero-order chi connectivity index (χ0) is 13.4. The molecule has 1 aromatic carbocycles. The molecule has 0 fully saturated rings. The van der Waals surface area contributed by atoms with Crippen molar-refractivity contribution in [3.63, 3.8) is 0 Å². The van der Waals surface area contributed by atoms with E-state index in [0.717, 1.165) is 30.7 Å². The summed E-state index contributed by atoms with van der Waals surface area (Å²) >= 11 is 0. The average molecular weight is 252 g/mol. The minimum atomic E-state index is 0.194. The van der Waals surface area contributed by atoms with Crippen LogP contribution in [0.3, 0.4) is 0 Å². The Morgan fingerprint density at radius 1 is 1.39 bits per heavy atom. The largest absolute Gasteiger partial charge is 0.491 e. The molecule has 18 heavy (non-hydrogen) atoms. The summed E-state index contributed by atoms with van der Waals surface area (Å²) in [6.45, 7) is 5.02. The highest BCUT2D eigenvalue weighted by Crippen LogP contribution is 2.26.